The lowest BCUT2D eigenvalue weighted by Crippen LogP contribution is -2.54. The van der Waals surface area contributed by atoms with E-state index in [1.165, 1.54) is 0 Å². The number of carbonyl (C=O) groups excluding carboxylic acids is 1. The van der Waals surface area contributed by atoms with E-state index in [9.17, 15) is 4.79 Å². The summed E-state index contributed by atoms with van der Waals surface area (Å²) >= 11 is 9.16. The highest BCUT2D eigenvalue weighted by Gasteiger charge is 2.32. The molecule has 3 N–H and O–H groups in total. The summed E-state index contributed by atoms with van der Waals surface area (Å²) in [6.45, 7) is 0.534. The number of halogens is 2. The Bertz CT molecular complexity index is 446. The van der Waals surface area contributed by atoms with Gasteiger partial charge in [0.05, 0.1) is 5.02 Å². The third-order valence-corrected chi connectivity index (χ3v) is 4.35. The fourth-order valence-electron chi connectivity index (χ4n) is 1.80. The lowest BCUT2D eigenvalue weighted by Gasteiger charge is -2.38. The highest BCUT2D eigenvalue weighted by molar-refractivity contribution is 9.10. The molecule has 1 aliphatic carbocycles. The Balaban J connectivity index is 1.97. The van der Waals surface area contributed by atoms with Crippen molar-refractivity contribution in [3.05, 3.63) is 33.3 Å². The predicted molar refractivity (Wildman–Crippen MR) is 72.3 cm³/mol. The molecule has 2 rings (SSSR count). The Morgan fingerprint density at radius 3 is 2.76 bits per heavy atom. The van der Waals surface area contributed by atoms with E-state index in [1.54, 1.807) is 18.2 Å². The number of benzene rings is 1. The molecule has 0 spiro atoms. The van der Waals surface area contributed by atoms with Gasteiger partial charge in [0.25, 0.3) is 5.91 Å². The summed E-state index contributed by atoms with van der Waals surface area (Å²) in [6, 6.07) is 5.11. The maximum atomic E-state index is 11.9. The first-order valence-corrected chi connectivity index (χ1v) is 6.69. The van der Waals surface area contributed by atoms with Crippen LogP contribution in [-0.4, -0.2) is 18.0 Å². The second-order valence-electron chi connectivity index (χ2n) is 4.53. The number of nitrogens with one attached hydrogen (secondary N) is 1. The molecule has 1 saturated carbocycles. The Labute approximate surface area is 114 Å². The molecule has 0 bridgehead atoms. The van der Waals surface area contributed by atoms with E-state index in [0.29, 0.717) is 17.1 Å². The van der Waals surface area contributed by atoms with E-state index in [4.69, 9.17) is 17.3 Å². The summed E-state index contributed by atoms with van der Waals surface area (Å²) in [4.78, 5) is 11.9. The second-order valence-corrected chi connectivity index (χ2v) is 5.79. The highest BCUT2D eigenvalue weighted by atomic mass is 79.9. The number of carbonyl (C=O) groups is 1. The molecule has 0 heterocycles. The Hall–Kier alpha value is -0.580. The zero-order valence-electron chi connectivity index (χ0n) is 9.30. The highest BCUT2D eigenvalue weighted by Crippen LogP contribution is 2.28. The first-order valence-electron chi connectivity index (χ1n) is 5.52. The SMILES string of the molecule is NC1(CNC(=O)c2ccc(Cl)c(Br)c2)CCC1. The van der Waals surface area contributed by atoms with Gasteiger partial charge in [0, 0.05) is 22.1 Å². The van der Waals surface area contributed by atoms with Crippen molar-refractivity contribution in [3.8, 4) is 0 Å². The fourth-order valence-corrected chi connectivity index (χ4v) is 2.30. The molecule has 0 aliphatic heterocycles. The molecule has 1 aromatic carbocycles. The third kappa shape index (κ3) is 3.00. The van der Waals surface area contributed by atoms with Crippen LogP contribution in [0.2, 0.25) is 5.02 Å². The van der Waals surface area contributed by atoms with E-state index in [0.717, 1.165) is 23.7 Å². The summed E-state index contributed by atoms with van der Waals surface area (Å²) < 4.78 is 0.720. The van der Waals surface area contributed by atoms with Crippen molar-refractivity contribution >= 4 is 33.4 Å². The number of amides is 1. The average Bonchev–Trinajstić information content (AvgIpc) is 2.27. The van der Waals surface area contributed by atoms with E-state index in [-0.39, 0.29) is 11.4 Å². The van der Waals surface area contributed by atoms with Gasteiger partial charge in [-0.05, 0) is 53.4 Å². The van der Waals surface area contributed by atoms with Crippen LogP contribution in [0.4, 0.5) is 0 Å². The lowest BCUT2D eigenvalue weighted by atomic mass is 9.78. The summed E-state index contributed by atoms with van der Waals surface area (Å²) in [5.41, 5.74) is 6.43. The largest absolute Gasteiger partial charge is 0.350 e. The van der Waals surface area contributed by atoms with Crippen LogP contribution in [0, 0.1) is 0 Å². The molecule has 5 heteroatoms. The second kappa shape index (κ2) is 4.96. The summed E-state index contributed by atoms with van der Waals surface area (Å²) in [6.07, 6.45) is 3.12. The standard InChI is InChI=1S/C12H14BrClN2O/c13-9-6-8(2-3-10(9)14)11(17)16-7-12(15)4-1-5-12/h2-3,6H,1,4-5,7,15H2,(H,16,17). The maximum absolute atomic E-state index is 11.9. The molecule has 1 aliphatic rings. The van der Waals surface area contributed by atoms with Gasteiger partial charge in [0.2, 0.25) is 0 Å². The molecule has 0 saturated heterocycles. The lowest BCUT2D eigenvalue weighted by molar-refractivity contribution is 0.0929. The van der Waals surface area contributed by atoms with Gasteiger partial charge >= 0.3 is 0 Å². The Morgan fingerprint density at radius 1 is 1.53 bits per heavy atom. The molecule has 17 heavy (non-hydrogen) atoms. The molecule has 1 amide bonds. The molecule has 1 aromatic rings. The first-order chi connectivity index (χ1) is 8.00. The Morgan fingerprint density at radius 2 is 2.24 bits per heavy atom. The van der Waals surface area contributed by atoms with Gasteiger partial charge in [-0.1, -0.05) is 11.6 Å². The first kappa shape index (κ1) is 12.9. The number of nitrogens with two attached hydrogens (primary N) is 1. The summed E-state index contributed by atoms with van der Waals surface area (Å²) in [7, 11) is 0. The monoisotopic (exact) mass is 316 g/mol. The normalized spacial score (nSPS) is 17.4. The van der Waals surface area contributed by atoms with E-state index < -0.39 is 0 Å². The topological polar surface area (TPSA) is 55.1 Å². The molecule has 0 unspecified atom stereocenters. The van der Waals surface area contributed by atoms with E-state index in [1.807, 2.05) is 0 Å². The van der Waals surface area contributed by atoms with Crippen molar-refractivity contribution < 1.29 is 4.79 Å². The van der Waals surface area contributed by atoms with Gasteiger partial charge in [-0.25, -0.2) is 0 Å². The van der Waals surface area contributed by atoms with Crippen LogP contribution in [-0.2, 0) is 0 Å². The minimum atomic E-state index is -0.195. The molecule has 0 aromatic heterocycles. The molecule has 1 fully saturated rings. The minimum absolute atomic E-state index is 0.112. The minimum Gasteiger partial charge on any atom is -0.350 e. The van der Waals surface area contributed by atoms with Crippen LogP contribution in [0.5, 0.6) is 0 Å². The van der Waals surface area contributed by atoms with Crippen molar-refractivity contribution in [2.75, 3.05) is 6.54 Å². The molecular weight excluding hydrogens is 304 g/mol. The third-order valence-electron chi connectivity index (χ3n) is 3.13. The van der Waals surface area contributed by atoms with Crippen LogP contribution in [0.25, 0.3) is 0 Å². The molecule has 92 valence electrons. The smallest absolute Gasteiger partial charge is 0.251 e. The van der Waals surface area contributed by atoms with Gasteiger partial charge < -0.3 is 11.1 Å². The number of rotatable bonds is 3. The number of hydrogen-bond acceptors (Lipinski definition) is 2. The van der Waals surface area contributed by atoms with Crippen molar-refractivity contribution in [2.24, 2.45) is 5.73 Å². The van der Waals surface area contributed by atoms with Gasteiger partial charge in [-0.15, -0.1) is 0 Å². The average molecular weight is 318 g/mol. The fraction of sp³-hybridized carbons (Fsp3) is 0.417. The van der Waals surface area contributed by atoms with Crippen LogP contribution in [0.1, 0.15) is 29.6 Å². The van der Waals surface area contributed by atoms with E-state index >= 15 is 0 Å². The summed E-state index contributed by atoms with van der Waals surface area (Å²) in [5.74, 6) is -0.112. The van der Waals surface area contributed by atoms with Crippen molar-refractivity contribution in [1.82, 2.24) is 5.32 Å². The van der Waals surface area contributed by atoms with Gasteiger partial charge in [0.1, 0.15) is 0 Å². The molecule has 3 nitrogen and oxygen atoms in total. The van der Waals surface area contributed by atoms with Gasteiger partial charge in [-0.2, -0.15) is 0 Å². The van der Waals surface area contributed by atoms with Crippen LogP contribution < -0.4 is 11.1 Å². The van der Waals surface area contributed by atoms with Gasteiger partial charge in [-0.3, -0.25) is 4.79 Å². The quantitative estimate of drug-likeness (QED) is 0.900. The molecule has 0 radical (unpaired) electrons. The van der Waals surface area contributed by atoms with Crippen LogP contribution >= 0.6 is 27.5 Å². The molecular formula is C12H14BrClN2O. The van der Waals surface area contributed by atoms with Crippen LogP contribution in [0.15, 0.2) is 22.7 Å². The van der Waals surface area contributed by atoms with Crippen molar-refractivity contribution in [1.29, 1.82) is 0 Å². The van der Waals surface area contributed by atoms with Crippen LogP contribution in [0.3, 0.4) is 0 Å². The molecule has 0 atom stereocenters. The summed E-state index contributed by atoms with van der Waals surface area (Å²) in [5, 5.41) is 3.45. The predicted octanol–water partition coefficient (Wildman–Crippen LogP) is 2.71. The van der Waals surface area contributed by atoms with Crippen molar-refractivity contribution in [2.45, 2.75) is 24.8 Å². The Kier molecular flexibility index (Phi) is 3.76. The maximum Gasteiger partial charge on any atom is 0.251 e. The van der Waals surface area contributed by atoms with Crippen molar-refractivity contribution in [3.63, 3.8) is 0 Å². The zero-order chi connectivity index (χ0) is 12.5. The number of hydrogen-bond donors (Lipinski definition) is 2. The van der Waals surface area contributed by atoms with E-state index in [2.05, 4.69) is 21.2 Å². The zero-order valence-corrected chi connectivity index (χ0v) is 11.6. The van der Waals surface area contributed by atoms with Gasteiger partial charge in [0.15, 0.2) is 0 Å².